The normalized spacial score (nSPS) is 16.2. The van der Waals surface area contributed by atoms with Gasteiger partial charge in [0, 0.05) is 62.9 Å². The number of rotatable bonds is 8. The molecule has 1 amide bonds. The zero-order chi connectivity index (χ0) is 23.7. The summed E-state index contributed by atoms with van der Waals surface area (Å²) in [5.74, 6) is 4.38. The molecule has 2 fully saturated rings. The number of carbonyl (C=O) groups excluding carboxylic acids is 1. The fraction of sp³-hybridized carbons (Fsp3) is 0.522. The molecule has 11 nitrogen and oxygen atoms in total. The van der Waals surface area contributed by atoms with Crippen LogP contribution in [0.15, 0.2) is 22.7 Å². The highest BCUT2D eigenvalue weighted by Gasteiger charge is 2.26. The number of hydrogen-bond acceptors (Lipinski definition) is 9. The van der Waals surface area contributed by atoms with Crippen LogP contribution in [0.4, 0.5) is 23.4 Å². The molecule has 3 aromatic heterocycles. The molecular formula is C23H31N9O2. The summed E-state index contributed by atoms with van der Waals surface area (Å²) in [4.78, 5) is 25.1. The van der Waals surface area contributed by atoms with Crippen molar-refractivity contribution < 1.29 is 9.32 Å². The highest BCUT2D eigenvalue weighted by atomic mass is 16.5. The third-order valence-corrected chi connectivity index (χ3v) is 6.22. The van der Waals surface area contributed by atoms with Gasteiger partial charge in [0.1, 0.15) is 11.6 Å². The maximum Gasteiger partial charge on any atom is 0.227 e. The largest absolute Gasteiger partial charge is 0.359 e. The van der Waals surface area contributed by atoms with Crippen LogP contribution in [-0.4, -0.2) is 62.3 Å². The SMILES string of the molecule is CC(=O)N1CCN(c2cc(Nc3cc(C4CC4)[nH]n3)nc(NCc3cc(C(C)C)no3)n2)CC1. The summed E-state index contributed by atoms with van der Waals surface area (Å²) >= 11 is 0. The summed E-state index contributed by atoms with van der Waals surface area (Å²) in [6.07, 6.45) is 2.42. The number of aromatic amines is 1. The topological polar surface area (TPSA) is 128 Å². The molecule has 3 N–H and O–H groups in total. The molecule has 180 valence electrons. The molecule has 0 bridgehead atoms. The van der Waals surface area contributed by atoms with E-state index in [1.165, 1.54) is 12.8 Å². The number of nitrogens with zero attached hydrogens (tertiary/aromatic N) is 6. The lowest BCUT2D eigenvalue weighted by atomic mass is 10.1. The zero-order valence-corrected chi connectivity index (χ0v) is 19.8. The van der Waals surface area contributed by atoms with Crippen LogP contribution < -0.4 is 15.5 Å². The second-order valence-corrected chi connectivity index (χ2v) is 9.26. The lowest BCUT2D eigenvalue weighted by Crippen LogP contribution is -2.48. The third-order valence-electron chi connectivity index (χ3n) is 6.22. The van der Waals surface area contributed by atoms with Crippen LogP contribution in [0.5, 0.6) is 0 Å². The van der Waals surface area contributed by atoms with Crippen molar-refractivity contribution in [1.82, 2.24) is 30.2 Å². The zero-order valence-electron chi connectivity index (χ0n) is 19.8. The first-order chi connectivity index (χ1) is 16.4. The van der Waals surface area contributed by atoms with Gasteiger partial charge in [-0.1, -0.05) is 19.0 Å². The van der Waals surface area contributed by atoms with Crippen LogP contribution in [0.3, 0.4) is 0 Å². The fourth-order valence-corrected chi connectivity index (χ4v) is 3.98. The minimum absolute atomic E-state index is 0.102. The first-order valence-electron chi connectivity index (χ1n) is 11.9. The van der Waals surface area contributed by atoms with Gasteiger partial charge >= 0.3 is 0 Å². The average molecular weight is 466 g/mol. The van der Waals surface area contributed by atoms with Gasteiger partial charge < -0.3 is 25.0 Å². The van der Waals surface area contributed by atoms with E-state index in [9.17, 15) is 4.79 Å². The molecule has 34 heavy (non-hydrogen) atoms. The Balaban J connectivity index is 1.34. The second-order valence-electron chi connectivity index (χ2n) is 9.26. The van der Waals surface area contributed by atoms with Crippen LogP contribution in [0, 0.1) is 0 Å². The molecule has 1 saturated heterocycles. The van der Waals surface area contributed by atoms with Crippen molar-refractivity contribution >= 4 is 29.3 Å². The molecule has 0 unspecified atom stereocenters. The Kier molecular flexibility index (Phi) is 6.08. The number of nitrogens with one attached hydrogen (secondary N) is 3. The maximum absolute atomic E-state index is 11.7. The minimum atomic E-state index is 0.102. The third kappa shape index (κ3) is 5.13. The van der Waals surface area contributed by atoms with E-state index in [4.69, 9.17) is 9.51 Å². The van der Waals surface area contributed by atoms with Crippen molar-refractivity contribution in [1.29, 1.82) is 0 Å². The molecule has 1 aliphatic heterocycles. The summed E-state index contributed by atoms with van der Waals surface area (Å²) in [5.41, 5.74) is 2.07. The van der Waals surface area contributed by atoms with E-state index in [0.717, 1.165) is 28.8 Å². The van der Waals surface area contributed by atoms with E-state index in [2.05, 4.69) is 49.7 Å². The molecule has 0 radical (unpaired) electrons. The van der Waals surface area contributed by atoms with Crippen LogP contribution in [0.2, 0.25) is 0 Å². The standard InChI is InChI=1S/C23H31N9O2/c1-14(2)18-10-17(34-30-18)13-24-23-26-20(25-21-11-19(28-29-21)16-4-5-16)12-22(27-23)32-8-6-31(7-9-32)15(3)33/h10-12,14,16H,4-9,13H2,1-3H3,(H3,24,25,26,27,28,29). The van der Waals surface area contributed by atoms with Gasteiger partial charge in [-0.2, -0.15) is 15.1 Å². The van der Waals surface area contributed by atoms with Gasteiger partial charge in [-0.05, 0) is 18.8 Å². The number of hydrogen-bond donors (Lipinski definition) is 3. The monoisotopic (exact) mass is 465 g/mol. The van der Waals surface area contributed by atoms with Gasteiger partial charge in [-0.25, -0.2) is 0 Å². The van der Waals surface area contributed by atoms with Crippen molar-refractivity contribution in [3.05, 3.63) is 35.3 Å². The van der Waals surface area contributed by atoms with E-state index in [-0.39, 0.29) is 5.91 Å². The van der Waals surface area contributed by atoms with Gasteiger partial charge in [0.2, 0.25) is 11.9 Å². The Morgan fingerprint density at radius 1 is 1.15 bits per heavy atom. The van der Waals surface area contributed by atoms with Crippen LogP contribution in [0.1, 0.15) is 62.6 Å². The van der Waals surface area contributed by atoms with Crippen molar-refractivity contribution in [3.63, 3.8) is 0 Å². The number of carbonyl (C=O) groups is 1. The van der Waals surface area contributed by atoms with Crippen LogP contribution in [-0.2, 0) is 11.3 Å². The van der Waals surface area contributed by atoms with Crippen LogP contribution >= 0.6 is 0 Å². The molecule has 0 aromatic carbocycles. The number of anilines is 4. The molecule has 2 aliphatic rings. The predicted molar refractivity (Wildman–Crippen MR) is 128 cm³/mol. The predicted octanol–water partition coefficient (Wildman–Crippen LogP) is 3.21. The summed E-state index contributed by atoms with van der Waals surface area (Å²) in [6.45, 7) is 8.96. The van der Waals surface area contributed by atoms with Crippen molar-refractivity contribution in [2.75, 3.05) is 41.7 Å². The first kappa shape index (κ1) is 22.2. The van der Waals surface area contributed by atoms with Crippen molar-refractivity contribution in [3.8, 4) is 0 Å². The Morgan fingerprint density at radius 3 is 2.62 bits per heavy atom. The Hall–Kier alpha value is -3.63. The summed E-state index contributed by atoms with van der Waals surface area (Å²) in [7, 11) is 0. The highest BCUT2D eigenvalue weighted by Crippen LogP contribution is 2.39. The van der Waals surface area contributed by atoms with Crippen molar-refractivity contribution in [2.45, 2.75) is 52.0 Å². The van der Waals surface area contributed by atoms with E-state index < -0.39 is 0 Å². The number of aromatic nitrogens is 5. The summed E-state index contributed by atoms with van der Waals surface area (Å²) in [5, 5.41) is 18.2. The van der Waals surface area contributed by atoms with Gasteiger partial charge in [0.05, 0.1) is 12.2 Å². The van der Waals surface area contributed by atoms with Gasteiger partial charge in [-0.15, -0.1) is 0 Å². The van der Waals surface area contributed by atoms with E-state index in [1.54, 1.807) is 6.92 Å². The molecule has 0 atom stereocenters. The van der Waals surface area contributed by atoms with Gasteiger partial charge in [0.15, 0.2) is 11.6 Å². The van der Waals surface area contributed by atoms with Crippen molar-refractivity contribution in [2.24, 2.45) is 0 Å². The molecule has 11 heteroatoms. The first-order valence-corrected chi connectivity index (χ1v) is 11.9. The quantitative estimate of drug-likeness (QED) is 0.459. The molecule has 1 saturated carbocycles. The summed E-state index contributed by atoms with van der Waals surface area (Å²) < 4.78 is 5.44. The Morgan fingerprint density at radius 2 is 1.94 bits per heavy atom. The number of H-pyrrole nitrogens is 1. The molecular weight excluding hydrogens is 434 g/mol. The summed E-state index contributed by atoms with van der Waals surface area (Å²) in [6, 6.07) is 5.91. The molecule has 1 aliphatic carbocycles. The molecule has 4 heterocycles. The highest BCUT2D eigenvalue weighted by molar-refractivity contribution is 5.73. The minimum Gasteiger partial charge on any atom is -0.359 e. The molecule has 5 rings (SSSR count). The Bertz CT molecular complexity index is 1140. The van der Waals surface area contributed by atoms with E-state index in [0.29, 0.717) is 56.3 Å². The lowest BCUT2D eigenvalue weighted by Gasteiger charge is -2.35. The smallest absolute Gasteiger partial charge is 0.227 e. The number of amides is 1. The molecule has 0 spiro atoms. The molecule has 3 aromatic rings. The van der Waals surface area contributed by atoms with Crippen LogP contribution in [0.25, 0.3) is 0 Å². The second kappa shape index (κ2) is 9.32. The van der Waals surface area contributed by atoms with E-state index >= 15 is 0 Å². The van der Waals surface area contributed by atoms with Gasteiger partial charge in [0.25, 0.3) is 0 Å². The van der Waals surface area contributed by atoms with Gasteiger partial charge in [-0.3, -0.25) is 9.89 Å². The Labute approximate surface area is 198 Å². The van der Waals surface area contributed by atoms with E-state index in [1.807, 2.05) is 23.1 Å². The fourth-order valence-electron chi connectivity index (χ4n) is 3.98. The lowest BCUT2D eigenvalue weighted by molar-refractivity contribution is -0.129. The maximum atomic E-state index is 11.7. The number of piperazine rings is 1. The average Bonchev–Trinajstić information content (AvgIpc) is 3.38.